The van der Waals surface area contributed by atoms with Gasteiger partial charge in [0.2, 0.25) is 0 Å². The molecule has 5 heteroatoms. The highest BCUT2D eigenvalue weighted by Crippen LogP contribution is 2.45. The molecular weight excluding hydrogens is 482 g/mol. The molecule has 2 aromatic carbocycles. The number of para-hydroxylation sites is 1. The van der Waals surface area contributed by atoms with E-state index in [4.69, 9.17) is 0 Å². The van der Waals surface area contributed by atoms with Crippen LogP contribution in [0.15, 0.2) is 82.8 Å². The van der Waals surface area contributed by atoms with Crippen molar-refractivity contribution in [3.63, 3.8) is 0 Å². The molecule has 1 aliphatic heterocycles. The number of allylic oxidation sites excluding steroid dienone is 4. The zero-order valence-corrected chi connectivity index (χ0v) is 22.8. The van der Waals surface area contributed by atoms with E-state index in [-0.39, 0.29) is 17.3 Å². The highest BCUT2D eigenvalue weighted by atomic mass is 32.2. The fourth-order valence-corrected chi connectivity index (χ4v) is 8.03. The maximum absolute atomic E-state index is 11.5. The predicted molar refractivity (Wildman–Crippen MR) is 155 cm³/mol. The fourth-order valence-electron chi connectivity index (χ4n) is 5.48. The maximum atomic E-state index is 11.5. The fraction of sp³-hybridized carbons (Fsp3) is 0.323. The molecule has 1 unspecified atom stereocenters. The molecule has 1 N–H and O–H groups in total. The number of thioether (sulfide) groups is 1. The first kappa shape index (κ1) is 24.9. The van der Waals surface area contributed by atoms with Crippen LogP contribution in [0.2, 0.25) is 0 Å². The van der Waals surface area contributed by atoms with Gasteiger partial charge in [-0.05, 0) is 77.5 Å². The number of benzene rings is 2. The lowest BCUT2D eigenvalue weighted by Gasteiger charge is -2.30. The summed E-state index contributed by atoms with van der Waals surface area (Å²) >= 11 is 3.66. The number of rotatable bonds is 7. The van der Waals surface area contributed by atoms with Crippen molar-refractivity contribution < 1.29 is 9.90 Å². The standard InChI is InChI=1S/C31H33NO2S2/c1-4-23-24-11-5-7-13-26(24)35-28(23)17-22-16-21(18-31(2,3)19-22)10-9-15-29-32(20-30(33)34)25-12-6-8-14-27(25)36-29/h5-14,16-17,29H,4,15,18-20H2,1-3H3,(H,33,34)/b10-9+,22-17?. The summed E-state index contributed by atoms with van der Waals surface area (Å²) in [5.41, 5.74) is 5.43. The van der Waals surface area contributed by atoms with Gasteiger partial charge < -0.3 is 10.0 Å². The first-order valence-electron chi connectivity index (χ1n) is 12.7. The number of hydrogen-bond donors (Lipinski definition) is 1. The molecule has 186 valence electrons. The quantitative estimate of drug-likeness (QED) is 0.342. The number of thiophene rings is 1. The van der Waals surface area contributed by atoms with Gasteiger partial charge in [-0.25, -0.2) is 0 Å². The highest BCUT2D eigenvalue weighted by Gasteiger charge is 2.30. The molecule has 0 saturated carbocycles. The molecule has 36 heavy (non-hydrogen) atoms. The van der Waals surface area contributed by atoms with Gasteiger partial charge in [0.1, 0.15) is 6.54 Å². The van der Waals surface area contributed by atoms with Gasteiger partial charge in [-0.1, -0.05) is 81.1 Å². The Morgan fingerprint density at radius 1 is 1.14 bits per heavy atom. The first-order chi connectivity index (χ1) is 17.3. The Balaban J connectivity index is 1.37. The largest absolute Gasteiger partial charge is 0.480 e. The van der Waals surface area contributed by atoms with E-state index >= 15 is 0 Å². The van der Waals surface area contributed by atoms with E-state index in [1.807, 2.05) is 34.4 Å². The van der Waals surface area contributed by atoms with Crippen molar-refractivity contribution in [3.05, 3.63) is 88.3 Å². The highest BCUT2D eigenvalue weighted by molar-refractivity contribution is 8.00. The van der Waals surface area contributed by atoms with Crippen molar-refractivity contribution in [1.82, 2.24) is 0 Å². The summed E-state index contributed by atoms with van der Waals surface area (Å²) in [7, 11) is 0. The van der Waals surface area contributed by atoms with Crippen LogP contribution in [0.3, 0.4) is 0 Å². The molecule has 0 fully saturated rings. The van der Waals surface area contributed by atoms with Gasteiger partial charge in [0.25, 0.3) is 0 Å². The summed E-state index contributed by atoms with van der Waals surface area (Å²) in [4.78, 5) is 16.1. The number of carboxylic acid groups (broad SMARTS) is 1. The molecule has 0 saturated heterocycles. The van der Waals surface area contributed by atoms with Crippen molar-refractivity contribution in [2.24, 2.45) is 5.41 Å². The van der Waals surface area contributed by atoms with E-state index in [9.17, 15) is 9.90 Å². The van der Waals surface area contributed by atoms with Crippen LogP contribution >= 0.6 is 23.1 Å². The van der Waals surface area contributed by atoms with Crippen LogP contribution in [0.4, 0.5) is 5.69 Å². The molecular formula is C31H33NO2S2. The van der Waals surface area contributed by atoms with Gasteiger partial charge in [0, 0.05) is 14.5 Å². The Labute approximate surface area is 222 Å². The molecule has 0 radical (unpaired) electrons. The van der Waals surface area contributed by atoms with Crippen molar-refractivity contribution in [3.8, 4) is 0 Å². The smallest absolute Gasteiger partial charge is 0.323 e. The molecule has 3 aromatic rings. The average Bonchev–Trinajstić information content (AvgIpc) is 3.35. The third-order valence-electron chi connectivity index (χ3n) is 6.90. The van der Waals surface area contributed by atoms with E-state index < -0.39 is 5.97 Å². The molecule has 0 amide bonds. The van der Waals surface area contributed by atoms with E-state index in [2.05, 4.69) is 75.4 Å². The number of fused-ring (bicyclic) bond motifs is 2. The average molecular weight is 516 g/mol. The summed E-state index contributed by atoms with van der Waals surface area (Å²) in [5, 5.41) is 10.9. The molecule has 0 bridgehead atoms. The van der Waals surface area contributed by atoms with Crippen molar-refractivity contribution in [2.45, 2.75) is 56.7 Å². The first-order valence-corrected chi connectivity index (χ1v) is 14.3. The summed E-state index contributed by atoms with van der Waals surface area (Å²) in [6.07, 6.45) is 13.3. The van der Waals surface area contributed by atoms with E-state index in [0.29, 0.717) is 0 Å². The summed E-state index contributed by atoms with van der Waals surface area (Å²) < 4.78 is 1.36. The molecule has 0 spiro atoms. The molecule has 2 aliphatic rings. The number of carbonyl (C=O) groups is 1. The minimum Gasteiger partial charge on any atom is -0.480 e. The molecule has 3 nitrogen and oxygen atoms in total. The lowest BCUT2D eigenvalue weighted by molar-refractivity contribution is -0.135. The molecule has 2 heterocycles. The molecule has 5 rings (SSSR count). The second kappa shape index (κ2) is 10.3. The monoisotopic (exact) mass is 515 g/mol. The predicted octanol–water partition coefficient (Wildman–Crippen LogP) is 8.56. The normalized spacial score (nSPS) is 20.3. The Hall–Kier alpha value is -2.76. The zero-order valence-electron chi connectivity index (χ0n) is 21.2. The number of anilines is 1. The molecule has 1 aromatic heterocycles. The van der Waals surface area contributed by atoms with Gasteiger partial charge in [-0.3, -0.25) is 4.79 Å². The molecule has 1 aliphatic carbocycles. The van der Waals surface area contributed by atoms with E-state index in [1.165, 1.54) is 31.7 Å². The lowest BCUT2D eigenvalue weighted by Crippen LogP contribution is -2.34. The van der Waals surface area contributed by atoms with Crippen LogP contribution in [0.1, 0.15) is 50.5 Å². The van der Waals surface area contributed by atoms with Crippen LogP contribution in [0, 0.1) is 5.41 Å². The van der Waals surface area contributed by atoms with Crippen molar-refractivity contribution >= 4 is 50.9 Å². The minimum absolute atomic E-state index is 0.0278. The Morgan fingerprint density at radius 3 is 2.72 bits per heavy atom. The van der Waals surface area contributed by atoms with Gasteiger partial charge in [-0.2, -0.15) is 0 Å². The Bertz CT molecular complexity index is 1380. The van der Waals surface area contributed by atoms with E-state index in [1.54, 1.807) is 11.8 Å². The maximum Gasteiger partial charge on any atom is 0.323 e. The zero-order chi connectivity index (χ0) is 25.3. The second-order valence-corrected chi connectivity index (χ2v) is 12.8. The number of nitrogens with zero attached hydrogens (tertiary/aromatic N) is 1. The van der Waals surface area contributed by atoms with Crippen LogP contribution in [-0.4, -0.2) is 23.0 Å². The number of aliphatic carboxylic acids is 1. The van der Waals surface area contributed by atoms with Crippen LogP contribution in [-0.2, 0) is 11.2 Å². The van der Waals surface area contributed by atoms with Crippen LogP contribution < -0.4 is 4.90 Å². The summed E-state index contributed by atoms with van der Waals surface area (Å²) in [6.45, 7) is 6.98. The lowest BCUT2D eigenvalue weighted by atomic mass is 9.75. The number of carboxylic acids is 1. The van der Waals surface area contributed by atoms with Crippen LogP contribution in [0.25, 0.3) is 16.2 Å². The van der Waals surface area contributed by atoms with Crippen molar-refractivity contribution in [1.29, 1.82) is 0 Å². The van der Waals surface area contributed by atoms with E-state index in [0.717, 1.165) is 36.3 Å². The third-order valence-corrected chi connectivity index (χ3v) is 9.37. The van der Waals surface area contributed by atoms with Gasteiger partial charge >= 0.3 is 5.97 Å². The number of aryl methyl sites for hydroxylation is 1. The number of hydrogen-bond acceptors (Lipinski definition) is 4. The summed E-state index contributed by atoms with van der Waals surface area (Å²) in [6, 6.07) is 16.8. The van der Waals surface area contributed by atoms with Gasteiger partial charge in [0.15, 0.2) is 0 Å². The topological polar surface area (TPSA) is 40.5 Å². The van der Waals surface area contributed by atoms with Crippen LogP contribution in [0.5, 0.6) is 0 Å². The SMILES string of the molecule is CCc1c(C=C2C=C(/C=C/CC3Sc4ccccc4N3CC(=O)O)CC(C)(C)C2)sc2ccccc12. The molecule has 1 atom stereocenters. The second-order valence-electron chi connectivity index (χ2n) is 10.5. The van der Waals surface area contributed by atoms with Gasteiger partial charge in [0.05, 0.1) is 11.1 Å². The summed E-state index contributed by atoms with van der Waals surface area (Å²) in [5.74, 6) is -0.791. The minimum atomic E-state index is -0.791. The van der Waals surface area contributed by atoms with Crippen molar-refractivity contribution in [2.75, 3.05) is 11.4 Å². The Morgan fingerprint density at radius 2 is 1.92 bits per heavy atom. The third kappa shape index (κ3) is 5.33. The Kier molecular flexibility index (Phi) is 7.14. The van der Waals surface area contributed by atoms with Gasteiger partial charge in [-0.15, -0.1) is 11.3 Å².